The van der Waals surface area contributed by atoms with E-state index in [1.807, 2.05) is 6.07 Å². The first kappa shape index (κ1) is 18.9. The number of nitrogens with zero attached hydrogens (tertiary/aromatic N) is 3. The van der Waals surface area contributed by atoms with Crippen LogP contribution in [0.3, 0.4) is 0 Å². The van der Waals surface area contributed by atoms with Crippen LogP contribution < -0.4 is 5.56 Å². The highest BCUT2D eigenvalue weighted by Crippen LogP contribution is 2.36. The molecule has 2 aliphatic rings. The van der Waals surface area contributed by atoms with Crippen molar-refractivity contribution < 1.29 is 19.6 Å². The number of likely N-dealkylation sites (tertiary alicyclic amines) is 1. The zero-order chi connectivity index (χ0) is 20.9. The van der Waals surface area contributed by atoms with E-state index in [4.69, 9.17) is 0 Å². The third-order valence-corrected chi connectivity index (χ3v) is 5.76. The molecule has 9 nitrogen and oxygen atoms in total. The van der Waals surface area contributed by atoms with Crippen molar-refractivity contribution in [1.29, 1.82) is 0 Å². The van der Waals surface area contributed by atoms with Crippen molar-refractivity contribution in [3.63, 3.8) is 0 Å². The Morgan fingerprint density at radius 1 is 1.17 bits per heavy atom. The van der Waals surface area contributed by atoms with Crippen molar-refractivity contribution in [1.82, 2.24) is 9.47 Å². The summed E-state index contributed by atoms with van der Waals surface area (Å²) in [6.45, 7) is 2.64. The molecule has 2 bridgehead atoms. The van der Waals surface area contributed by atoms with Crippen LogP contribution in [0, 0.1) is 23.0 Å². The van der Waals surface area contributed by atoms with E-state index in [1.165, 1.54) is 19.1 Å². The van der Waals surface area contributed by atoms with Crippen LogP contribution in [0.1, 0.15) is 44.3 Å². The fraction of sp³-hybridized carbons (Fsp3) is 0.350. The SMILES string of the molecule is Cc1cc(C(=O)O)c(C(=O)N2C[C@H]3C[C@H](C2)c2cccc(=O)n2C3)cc1[N+](=O)[O-]. The molecule has 2 atom stereocenters. The molecule has 1 saturated heterocycles. The zero-order valence-corrected chi connectivity index (χ0v) is 15.7. The summed E-state index contributed by atoms with van der Waals surface area (Å²) < 4.78 is 1.74. The molecule has 2 aliphatic heterocycles. The molecule has 3 heterocycles. The van der Waals surface area contributed by atoms with E-state index >= 15 is 0 Å². The number of carboxylic acid groups (broad SMARTS) is 1. The maximum Gasteiger partial charge on any atom is 0.336 e. The molecule has 0 unspecified atom stereocenters. The number of amides is 1. The Kier molecular flexibility index (Phi) is 4.45. The smallest absolute Gasteiger partial charge is 0.336 e. The maximum atomic E-state index is 13.2. The van der Waals surface area contributed by atoms with Crippen molar-refractivity contribution in [3.8, 4) is 0 Å². The molecular formula is C20H19N3O6. The van der Waals surface area contributed by atoms with Gasteiger partial charge in [0, 0.05) is 48.9 Å². The quantitative estimate of drug-likeness (QED) is 0.624. The molecule has 1 amide bonds. The highest BCUT2D eigenvalue weighted by Gasteiger charge is 2.37. The van der Waals surface area contributed by atoms with Gasteiger partial charge >= 0.3 is 5.97 Å². The molecule has 0 aliphatic carbocycles. The summed E-state index contributed by atoms with van der Waals surface area (Å²) in [6, 6.07) is 7.31. The fourth-order valence-electron chi connectivity index (χ4n) is 4.48. The van der Waals surface area contributed by atoms with Gasteiger partial charge in [-0.3, -0.25) is 19.7 Å². The third-order valence-electron chi connectivity index (χ3n) is 5.76. The lowest BCUT2D eigenvalue weighted by molar-refractivity contribution is -0.385. The summed E-state index contributed by atoms with van der Waals surface area (Å²) in [5.74, 6) is -1.81. The molecule has 150 valence electrons. The van der Waals surface area contributed by atoms with Crippen LogP contribution in [0.15, 0.2) is 35.1 Å². The third kappa shape index (κ3) is 3.18. The van der Waals surface area contributed by atoms with Gasteiger partial charge in [0.25, 0.3) is 17.2 Å². The van der Waals surface area contributed by atoms with E-state index in [2.05, 4.69) is 0 Å². The highest BCUT2D eigenvalue weighted by atomic mass is 16.6. The van der Waals surface area contributed by atoms with Gasteiger partial charge in [-0.15, -0.1) is 0 Å². The van der Waals surface area contributed by atoms with Gasteiger partial charge in [-0.05, 0) is 31.4 Å². The van der Waals surface area contributed by atoms with Crippen molar-refractivity contribution in [2.24, 2.45) is 5.92 Å². The lowest BCUT2D eigenvalue weighted by atomic mass is 9.82. The number of nitro benzene ring substituents is 1. The summed E-state index contributed by atoms with van der Waals surface area (Å²) in [4.78, 5) is 49.2. The minimum absolute atomic E-state index is 0.0333. The van der Waals surface area contributed by atoms with Gasteiger partial charge in [-0.2, -0.15) is 0 Å². The Morgan fingerprint density at radius 2 is 1.93 bits per heavy atom. The van der Waals surface area contributed by atoms with Crippen LogP contribution in [0.25, 0.3) is 0 Å². The maximum absolute atomic E-state index is 13.2. The predicted octanol–water partition coefficient (Wildman–Crippen LogP) is 2.02. The van der Waals surface area contributed by atoms with Crippen LogP contribution >= 0.6 is 0 Å². The first-order valence-electron chi connectivity index (χ1n) is 9.27. The molecular weight excluding hydrogens is 378 g/mol. The highest BCUT2D eigenvalue weighted by molar-refractivity contribution is 6.05. The Balaban J connectivity index is 1.71. The minimum Gasteiger partial charge on any atom is -0.478 e. The summed E-state index contributed by atoms with van der Waals surface area (Å²) >= 11 is 0. The van der Waals surface area contributed by atoms with Crippen LogP contribution in [0.5, 0.6) is 0 Å². The van der Waals surface area contributed by atoms with E-state index < -0.39 is 16.8 Å². The lowest BCUT2D eigenvalue weighted by Gasteiger charge is -2.42. The lowest BCUT2D eigenvalue weighted by Crippen LogP contribution is -2.49. The number of nitro groups is 1. The number of rotatable bonds is 3. The average Bonchev–Trinajstić information content (AvgIpc) is 2.67. The number of piperidine rings is 1. The van der Waals surface area contributed by atoms with Gasteiger partial charge in [0.1, 0.15) is 0 Å². The van der Waals surface area contributed by atoms with Gasteiger partial charge < -0.3 is 14.6 Å². The van der Waals surface area contributed by atoms with Crippen LogP contribution in [-0.2, 0) is 6.54 Å². The van der Waals surface area contributed by atoms with Gasteiger partial charge in [0.2, 0.25) is 0 Å². The number of aromatic nitrogens is 1. The molecule has 4 rings (SSSR count). The molecule has 0 radical (unpaired) electrons. The molecule has 0 saturated carbocycles. The van der Waals surface area contributed by atoms with Gasteiger partial charge in [0.05, 0.1) is 16.1 Å². The molecule has 9 heteroatoms. The molecule has 0 spiro atoms. The van der Waals surface area contributed by atoms with Crippen molar-refractivity contribution in [2.45, 2.75) is 25.8 Å². The summed E-state index contributed by atoms with van der Waals surface area (Å²) in [5.41, 5.74) is 0.268. The molecule has 1 fully saturated rings. The van der Waals surface area contributed by atoms with E-state index in [-0.39, 0.29) is 39.8 Å². The Hall–Kier alpha value is -3.49. The Labute approximate surface area is 165 Å². The van der Waals surface area contributed by atoms with E-state index in [9.17, 15) is 29.6 Å². The number of pyridine rings is 1. The van der Waals surface area contributed by atoms with Gasteiger partial charge in [-0.25, -0.2) is 4.79 Å². The average molecular weight is 397 g/mol. The summed E-state index contributed by atoms with van der Waals surface area (Å²) in [6.07, 6.45) is 0.840. The Bertz CT molecular complexity index is 1110. The predicted molar refractivity (Wildman–Crippen MR) is 102 cm³/mol. The van der Waals surface area contributed by atoms with Crippen LogP contribution in [0.4, 0.5) is 5.69 Å². The van der Waals surface area contributed by atoms with E-state index in [0.29, 0.717) is 19.6 Å². The molecule has 29 heavy (non-hydrogen) atoms. The van der Waals surface area contributed by atoms with Crippen molar-refractivity contribution in [3.05, 3.63) is 73.2 Å². The minimum atomic E-state index is -1.31. The summed E-state index contributed by atoms with van der Waals surface area (Å²) in [5, 5.41) is 20.8. The number of hydrogen-bond acceptors (Lipinski definition) is 5. The molecule has 2 aromatic rings. The topological polar surface area (TPSA) is 123 Å². The first-order chi connectivity index (χ1) is 13.8. The zero-order valence-electron chi connectivity index (χ0n) is 15.7. The van der Waals surface area contributed by atoms with E-state index in [0.717, 1.165) is 18.2 Å². The molecule has 1 aromatic heterocycles. The number of aromatic carboxylic acids is 1. The number of carbonyl (C=O) groups excluding carboxylic acids is 1. The van der Waals surface area contributed by atoms with Gasteiger partial charge in [-0.1, -0.05) is 6.07 Å². The van der Waals surface area contributed by atoms with Crippen LogP contribution in [-0.4, -0.2) is 44.5 Å². The van der Waals surface area contributed by atoms with Crippen molar-refractivity contribution >= 4 is 17.6 Å². The standard InChI is InChI=1S/C20H19N3O6/c1-11-5-15(20(26)27)14(7-17(11)23(28)29)19(25)21-8-12-6-13(10-21)16-3-2-4-18(24)22(16)9-12/h2-5,7,12-13H,6,8-10H2,1H3,(H,26,27)/t12-,13-/m1/s1. The second-order valence-electron chi connectivity index (χ2n) is 7.65. The number of carboxylic acids is 1. The second kappa shape index (κ2) is 6.84. The number of carbonyl (C=O) groups is 2. The number of hydrogen-bond donors (Lipinski definition) is 1. The van der Waals surface area contributed by atoms with E-state index in [1.54, 1.807) is 15.5 Å². The summed E-state index contributed by atoms with van der Waals surface area (Å²) in [7, 11) is 0. The van der Waals surface area contributed by atoms with Crippen LogP contribution in [0.2, 0.25) is 0 Å². The molecule has 1 N–H and O–H groups in total. The molecule has 1 aromatic carbocycles. The first-order valence-corrected chi connectivity index (χ1v) is 9.27. The monoisotopic (exact) mass is 397 g/mol. The normalized spacial score (nSPS) is 20.1. The largest absolute Gasteiger partial charge is 0.478 e. The number of benzene rings is 1. The Morgan fingerprint density at radius 3 is 2.62 bits per heavy atom. The van der Waals surface area contributed by atoms with Gasteiger partial charge in [0.15, 0.2) is 0 Å². The second-order valence-corrected chi connectivity index (χ2v) is 7.65. The number of fused-ring (bicyclic) bond motifs is 4. The van der Waals surface area contributed by atoms with Crippen molar-refractivity contribution in [2.75, 3.05) is 13.1 Å². The fourth-order valence-corrected chi connectivity index (χ4v) is 4.48. The number of aryl methyl sites for hydroxylation is 1.